The number of H-pyrrole nitrogens is 1. The average Bonchev–Trinajstić information content (AvgIpc) is 2.96. The quantitative estimate of drug-likeness (QED) is 0.854. The lowest BCUT2D eigenvalue weighted by Crippen LogP contribution is -2.10. The summed E-state index contributed by atoms with van der Waals surface area (Å²) in [5.74, 6) is 1.03. The van der Waals surface area contributed by atoms with Crippen molar-refractivity contribution in [3.8, 4) is 0 Å². The number of aromatic amines is 1. The molecule has 1 N–H and O–H groups in total. The second-order valence-corrected chi connectivity index (χ2v) is 4.79. The summed E-state index contributed by atoms with van der Waals surface area (Å²) in [4.78, 5) is 9.99. The van der Waals surface area contributed by atoms with E-state index < -0.39 is 0 Å². The van der Waals surface area contributed by atoms with E-state index in [0.29, 0.717) is 0 Å². The number of pyridine rings is 1. The SMILES string of the molecule is CN(C)c1nccc2[nH]c(C3=CCCC3)cc12. The summed E-state index contributed by atoms with van der Waals surface area (Å²) >= 11 is 0. The fourth-order valence-corrected chi connectivity index (χ4v) is 2.48. The van der Waals surface area contributed by atoms with E-state index in [2.05, 4.69) is 27.0 Å². The second-order valence-electron chi connectivity index (χ2n) is 4.79. The minimum absolute atomic E-state index is 1.03. The lowest BCUT2D eigenvalue weighted by molar-refractivity contribution is 0.934. The van der Waals surface area contributed by atoms with Crippen LogP contribution in [0.25, 0.3) is 16.5 Å². The van der Waals surface area contributed by atoms with Gasteiger partial charge >= 0.3 is 0 Å². The Morgan fingerprint density at radius 1 is 1.35 bits per heavy atom. The van der Waals surface area contributed by atoms with Gasteiger partial charge in [-0.3, -0.25) is 0 Å². The fraction of sp³-hybridized carbons (Fsp3) is 0.357. The molecule has 0 spiro atoms. The van der Waals surface area contributed by atoms with Crippen molar-refractivity contribution in [1.82, 2.24) is 9.97 Å². The van der Waals surface area contributed by atoms with Crippen molar-refractivity contribution in [2.45, 2.75) is 19.3 Å². The molecule has 0 aliphatic heterocycles. The first kappa shape index (κ1) is 10.4. The van der Waals surface area contributed by atoms with Gasteiger partial charge in [-0.05, 0) is 37.0 Å². The van der Waals surface area contributed by atoms with Crippen LogP contribution in [0.4, 0.5) is 5.82 Å². The van der Waals surface area contributed by atoms with Crippen molar-refractivity contribution in [2.24, 2.45) is 0 Å². The van der Waals surface area contributed by atoms with Gasteiger partial charge in [-0.1, -0.05) is 6.08 Å². The Balaban J connectivity index is 2.15. The van der Waals surface area contributed by atoms with Gasteiger partial charge in [0.15, 0.2) is 0 Å². The van der Waals surface area contributed by atoms with Gasteiger partial charge in [-0.15, -0.1) is 0 Å². The summed E-state index contributed by atoms with van der Waals surface area (Å²) in [5.41, 5.74) is 3.88. The molecule has 17 heavy (non-hydrogen) atoms. The van der Waals surface area contributed by atoms with Crippen LogP contribution in [0.3, 0.4) is 0 Å². The number of aromatic nitrogens is 2. The zero-order valence-corrected chi connectivity index (χ0v) is 10.3. The van der Waals surface area contributed by atoms with Crippen LogP contribution in [0.5, 0.6) is 0 Å². The van der Waals surface area contributed by atoms with Crippen molar-refractivity contribution in [2.75, 3.05) is 19.0 Å². The molecular formula is C14H17N3. The number of nitrogens with zero attached hydrogens (tertiary/aromatic N) is 2. The van der Waals surface area contributed by atoms with Gasteiger partial charge in [-0.25, -0.2) is 4.98 Å². The lowest BCUT2D eigenvalue weighted by Gasteiger charge is -2.11. The third-order valence-corrected chi connectivity index (χ3v) is 3.34. The molecule has 0 saturated carbocycles. The number of rotatable bonds is 2. The Morgan fingerprint density at radius 2 is 2.24 bits per heavy atom. The molecule has 3 heteroatoms. The van der Waals surface area contributed by atoms with Crippen molar-refractivity contribution < 1.29 is 0 Å². The number of anilines is 1. The summed E-state index contributed by atoms with van der Waals surface area (Å²) < 4.78 is 0. The lowest BCUT2D eigenvalue weighted by atomic mass is 10.1. The fourth-order valence-electron chi connectivity index (χ4n) is 2.48. The number of hydrogen-bond acceptors (Lipinski definition) is 2. The Bertz CT molecular complexity index is 578. The molecular weight excluding hydrogens is 210 g/mol. The standard InChI is InChI=1S/C14H17N3/c1-17(2)14-11-9-13(10-5-3-4-6-10)16-12(11)7-8-15-14/h5,7-9,16H,3-4,6H2,1-2H3. The molecule has 0 radical (unpaired) electrons. The highest BCUT2D eigenvalue weighted by Gasteiger charge is 2.12. The van der Waals surface area contributed by atoms with Crippen LogP contribution < -0.4 is 4.90 Å². The van der Waals surface area contributed by atoms with E-state index in [1.54, 1.807) is 0 Å². The molecule has 0 aromatic carbocycles. The smallest absolute Gasteiger partial charge is 0.137 e. The molecule has 1 aliphatic carbocycles. The predicted molar refractivity (Wildman–Crippen MR) is 72.2 cm³/mol. The van der Waals surface area contributed by atoms with Crippen molar-refractivity contribution in [3.63, 3.8) is 0 Å². The number of nitrogens with one attached hydrogen (secondary N) is 1. The monoisotopic (exact) mass is 227 g/mol. The number of allylic oxidation sites excluding steroid dienone is 2. The molecule has 1 aliphatic rings. The van der Waals surface area contributed by atoms with Gasteiger partial charge in [0.2, 0.25) is 0 Å². The van der Waals surface area contributed by atoms with Crippen molar-refractivity contribution >= 4 is 22.3 Å². The van der Waals surface area contributed by atoms with Crippen molar-refractivity contribution in [3.05, 3.63) is 30.1 Å². The number of fused-ring (bicyclic) bond motifs is 1. The molecule has 0 amide bonds. The molecule has 0 bridgehead atoms. The Labute approximate surface area is 101 Å². The van der Waals surface area contributed by atoms with E-state index in [4.69, 9.17) is 0 Å². The summed E-state index contributed by atoms with van der Waals surface area (Å²) in [6.45, 7) is 0. The predicted octanol–water partition coefficient (Wildman–Crippen LogP) is 3.20. The van der Waals surface area contributed by atoms with Crippen LogP contribution in [0.15, 0.2) is 24.4 Å². The van der Waals surface area contributed by atoms with Crippen LogP contribution in [0.2, 0.25) is 0 Å². The maximum atomic E-state index is 4.43. The summed E-state index contributed by atoms with van der Waals surface area (Å²) in [6, 6.07) is 4.27. The average molecular weight is 227 g/mol. The molecule has 2 aromatic heterocycles. The van der Waals surface area contributed by atoms with Crippen LogP contribution in [-0.2, 0) is 0 Å². The first-order valence-electron chi connectivity index (χ1n) is 6.10. The highest BCUT2D eigenvalue weighted by atomic mass is 15.1. The Kier molecular flexibility index (Phi) is 2.39. The van der Waals surface area contributed by atoms with E-state index >= 15 is 0 Å². The molecule has 2 aromatic rings. The van der Waals surface area contributed by atoms with E-state index in [0.717, 1.165) is 5.82 Å². The van der Waals surface area contributed by atoms with E-state index in [1.807, 2.05) is 26.4 Å². The van der Waals surface area contributed by atoms with Gasteiger partial charge < -0.3 is 9.88 Å². The molecule has 2 heterocycles. The van der Waals surface area contributed by atoms with Gasteiger partial charge in [-0.2, -0.15) is 0 Å². The molecule has 3 rings (SSSR count). The normalized spacial score (nSPS) is 15.3. The highest BCUT2D eigenvalue weighted by molar-refractivity contribution is 5.93. The topological polar surface area (TPSA) is 31.9 Å². The summed E-state index contributed by atoms with van der Waals surface area (Å²) in [6.07, 6.45) is 7.89. The number of hydrogen-bond donors (Lipinski definition) is 1. The molecule has 88 valence electrons. The highest BCUT2D eigenvalue weighted by Crippen LogP contribution is 2.31. The van der Waals surface area contributed by atoms with Crippen LogP contribution in [0, 0.1) is 0 Å². The van der Waals surface area contributed by atoms with Gasteiger partial charge in [0.25, 0.3) is 0 Å². The first-order valence-corrected chi connectivity index (χ1v) is 6.10. The van der Waals surface area contributed by atoms with Gasteiger partial charge in [0, 0.05) is 31.4 Å². The maximum absolute atomic E-state index is 4.43. The van der Waals surface area contributed by atoms with E-state index in [-0.39, 0.29) is 0 Å². The third kappa shape index (κ3) is 1.71. The maximum Gasteiger partial charge on any atom is 0.137 e. The van der Waals surface area contributed by atoms with Crippen LogP contribution in [-0.4, -0.2) is 24.1 Å². The molecule has 3 nitrogen and oxygen atoms in total. The summed E-state index contributed by atoms with van der Waals surface area (Å²) in [7, 11) is 4.06. The zero-order valence-electron chi connectivity index (χ0n) is 10.3. The molecule has 0 saturated heterocycles. The molecule has 0 fully saturated rings. The van der Waals surface area contributed by atoms with Crippen LogP contribution in [0.1, 0.15) is 25.0 Å². The Hall–Kier alpha value is -1.77. The van der Waals surface area contributed by atoms with E-state index in [1.165, 1.54) is 41.4 Å². The van der Waals surface area contributed by atoms with Crippen molar-refractivity contribution in [1.29, 1.82) is 0 Å². The summed E-state index contributed by atoms with van der Waals surface area (Å²) in [5, 5.41) is 1.21. The molecule has 0 atom stereocenters. The zero-order chi connectivity index (χ0) is 11.8. The van der Waals surface area contributed by atoms with Gasteiger partial charge in [0.1, 0.15) is 5.82 Å². The minimum Gasteiger partial charge on any atom is -0.362 e. The van der Waals surface area contributed by atoms with Gasteiger partial charge in [0.05, 0.1) is 5.52 Å². The second kappa shape index (κ2) is 3.91. The minimum atomic E-state index is 1.03. The molecule has 0 unspecified atom stereocenters. The third-order valence-electron chi connectivity index (χ3n) is 3.34. The Morgan fingerprint density at radius 3 is 2.94 bits per heavy atom. The van der Waals surface area contributed by atoms with E-state index in [9.17, 15) is 0 Å². The van der Waals surface area contributed by atoms with Crippen LogP contribution >= 0.6 is 0 Å². The largest absolute Gasteiger partial charge is 0.362 e. The first-order chi connectivity index (χ1) is 8.25.